The summed E-state index contributed by atoms with van der Waals surface area (Å²) >= 11 is 0. The second kappa shape index (κ2) is 6.93. The smallest absolute Gasteiger partial charge is 0.147 e. The molecule has 6 rings (SSSR count). The Labute approximate surface area is 183 Å². The van der Waals surface area contributed by atoms with E-state index in [-0.39, 0.29) is 16.9 Å². The van der Waals surface area contributed by atoms with Gasteiger partial charge in [-0.1, -0.05) is 60.0 Å². The van der Waals surface area contributed by atoms with E-state index in [1.165, 1.54) is 44.1 Å². The summed E-state index contributed by atoms with van der Waals surface area (Å²) in [5.74, 6) is 2.81. The number of allylic oxidation sites excluding steroid dienone is 1. The minimum atomic E-state index is -0.492. The number of fused-ring (bicyclic) bond motifs is 2. The van der Waals surface area contributed by atoms with Crippen molar-refractivity contribution in [2.45, 2.75) is 110 Å². The predicted molar refractivity (Wildman–Crippen MR) is 120 cm³/mol. The molecular formula is C27H42O3. The van der Waals surface area contributed by atoms with Gasteiger partial charge in [0.2, 0.25) is 0 Å². The molecule has 1 saturated heterocycles. The minimum absolute atomic E-state index is 0.0540. The van der Waals surface area contributed by atoms with Crippen molar-refractivity contribution in [3.05, 3.63) is 23.8 Å². The van der Waals surface area contributed by atoms with Crippen molar-refractivity contribution >= 4 is 0 Å². The van der Waals surface area contributed by atoms with Crippen LogP contribution in [0.15, 0.2) is 23.8 Å². The van der Waals surface area contributed by atoms with Crippen LogP contribution in [0.2, 0.25) is 0 Å². The van der Waals surface area contributed by atoms with Gasteiger partial charge in [0, 0.05) is 17.8 Å². The molecule has 3 nitrogen and oxygen atoms in total. The third kappa shape index (κ3) is 2.67. The van der Waals surface area contributed by atoms with Crippen LogP contribution < -0.4 is 0 Å². The summed E-state index contributed by atoms with van der Waals surface area (Å²) in [7, 11) is 0. The van der Waals surface area contributed by atoms with Crippen LogP contribution in [0.4, 0.5) is 0 Å². The summed E-state index contributed by atoms with van der Waals surface area (Å²) in [6.07, 6.45) is 17.1. The summed E-state index contributed by atoms with van der Waals surface area (Å²) in [5.41, 5.74) is 0.802. The van der Waals surface area contributed by atoms with E-state index in [9.17, 15) is 5.11 Å². The van der Waals surface area contributed by atoms with Gasteiger partial charge in [-0.2, -0.15) is 0 Å². The van der Waals surface area contributed by atoms with E-state index >= 15 is 0 Å². The maximum Gasteiger partial charge on any atom is 0.147 e. The van der Waals surface area contributed by atoms with E-state index in [2.05, 4.69) is 52.8 Å². The number of hydrogen-bond acceptors (Lipinski definition) is 3. The molecule has 3 fully saturated rings. The highest BCUT2D eigenvalue weighted by atomic mass is 17.2. The normalized spacial score (nSPS) is 50.1. The Balaban J connectivity index is 1.45. The Hall–Kier alpha value is -0.640. The van der Waals surface area contributed by atoms with Crippen LogP contribution in [0, 0.1) is 34.5 Å². The van der Waals surface area contributed by atoms with E-state index in [0.717, 1.165) is 30.6 Å². The molecule has 0 radical (unpaired) electrons. The zero-order chi connectivity index (χ0) is 21.4. The minimum Gasteiger partial charge on any atom is -0.393 e. The van der Waals surface area contributed by atoms with Gasteiger partial charge in [0.15, 0.2) is 0 Å². The average molecular weight is 415 g/mol. The zero-order valence-electron chi connectivity index (χ0n) is 19.7. The number of rotatable bonds is 5. The van der Waals surface area contributed by atoms with Gasteiger partial charge in [-0.15, -0.1) is 0 Å². The first-order chi connectivity index (χ1) is 14.2. The van der Waals surface area contributed by atoms with Crippen LogP contribution in [-0.4, -0.2) is 22.4 Å². The molecule has 3 heteroatoms. The van der Waals surface area contributed by atoms with Crippen molar-refractivity contribution in [3.8, 4) is 0 Å². The highest BCUT2D eigenvalue weighted by molar-refractivity contribution is 5.48. The maximum absolute atomic E-state index is 10.4. The summed E-state index contributed by atoms with van der Waals surface area (Å²) < 4.78 is 0. The van der Waals surface area contributed by atoms with Crippen LogP contribution in [0.1, 0.15) is 92.4 Å². The van der Waals surface area contributed by atoms with Crippen molar-refractivity contribution in [1.29, 1.82) is 0 Å². The van der Waals surface area contributed by atoms with Crippen LogP contribution in [0.5, 0.6) is 0 Å². The second-order valence-electron chi connectivity index (χ2n) is 12.3. The average Bonchev–Trinajstić information content (AvgIpc) is 3.05. The van der Waals surface area contributed by atoms with Crippen LogP contribution >= 0.6 is 0 Å². The third-order valence-corrected chi connectivity index (χ3v) is 10.2. The van der Waals surface area contributed by atoms with Crippen molar-refractivity contribution in [3.63, 3.8) is 0 Å². The summed E-state index contributed by atoms with van der Waals surface area (Å²) in [6.45, 7) is 12.1. The van der Waals surface area contributed by atoms with Crippen LogP contribution in [0.25, 0.3) is 0 Å². The molecule has 2 spiro atoms. The fraction of sp³-hybridized carbons (Fsp3) is 0.852. The Morgan fingerprint density at radius 2 is 1.87 bits per heavy atom. The SMILES string of the molecule is CC(C)CCC[C@@H](C)[C@H]1CC[C@@H]2[C@]1(C)CC=C1[C@]23C=C[C@]2(C[C@@H](O)CC[C@]12C)OO3. The predicted octanol–water partition coefficient (Wildman–Crippen LogP) is 6.37. The first-order valence-corrected chi connectivity index (χ1v) is 12.6. The first kappa shape index (κ1) is 21.2. The molecule has 0 unspecified atom stereocenters. The Morgan fingerprint density at radius 3 is 2.57 bits per heavy atom. The number of hydrogen-bond donors (Lipinski definition) is 1. The van der Waals surface area contributed by atoms with E-state index in [1.54, 1.807) is 0 Å². The number of aliphatic hydroxyl groups is 1. The number of aliphatic hydroxyl groups excluding tert-OH is 1. The van der Waals surface area contributed by atoms with Gasteiger partial charge in [-0.3, -0.25) is 0 Å². The fourth-order valence-corrected chi connectivity index (χ4v) is 8.42. The monoisotopic (exact) mass is 414 g/mol. The second-order valence-corrected chi connectivity index (χ2v) is 12.3. The molecule has 30 heavy (non-hydrogen) atoms. The largest absolute Gasteiger partial charge is 0.393 e. The lowest BCUT2D eigenvalue weighted by atomic mass is 9.46. The molecule has 0 amide bonds. The molecule has 2 heterocycles. The topological polar surface area (TPSA) is 38.7 Å². The van der Waals surface area contributed by atoms with Gasteiger partial charge in [0.25, 0.3) is 0 Å². The highest BCUT2D eigenvalue weighted by Gasteiger charge is 2.71. The summed E-state index contributed by atoms with van der Waals surface area (Å²) in [5, 5.41) is 10.4. The highest BCUT2D eigenvalue weighted by Crippen LogP contribution is 2.71. The molecule has 2 saturated carbocycles. The molecule has 2 bridgehead atoms. The quantitative estimate of drug-likeness (QED) is 0.419. The van der Waals surface area contributed by atoms with Gasteiger partial charge in [0.05, 0.1) is 6.10 Å². The summed E-state index contributed by atoms with van der Waals surface area (Å²) in [6, 6.07) is 0. The van der Waals surface area contributed by atoms with Crippen LogP contribution in [0.3, 0.4) is 0 Å². The molecule has 4 aliphatic carbocycles. The zero-order valence-corrected chi connectivity index (χ0v) is 19.7. The lowest BCUT2D eigenvalue weighted by Gasteiger charge is -2.66. The van der Waals surface area contributed by atoms with Crippen molar-refractivity contribution in [2.24, 2.45) is 34.5 Å². The molecule has 6 aliphatic rings. The van der Waals surface area contributed by atoms with Gasteiger partial charge in [-0.25, -0.2) is 9.78 Å². The van der Waals surface area contributed by atoms with Crippen LogP contribution in [-0.2, 0) is 9.78 Å². The standard InChI is InChI=1S/C27H42O3/c1-18(2)7-6-8-19(3)21-9-10-22-24(21,4)13-12-23-25(5)14-11-20(28)17-26(25)15-16-27(22,23)30-29-26/h12,15-16,18-22,28H,6-11,13-14,17H2,1-5H3/t19-,20+,21-,22-,24-,25-,26-,27+/m1/s1. The lowest BCUT2D eigenvalue weighted by Crippen LogP contribution is -2.69. The Bertz CT molecular complexity index is 755. The summed E-state index contributed by atoms with van der Waals surface area (Å²) in [4.78, 5) is 12.7. The van der Waals surface area contributed by atoms with Crippen molar-refractivity contribution < 1.29 is 14.9 Å². The molecule has 0 aromatic heterocycles. The lowest BCUT2D eigenvalue weighted by molar-refractivity contribution is -0.455. The molecule has 1 N–H and O–H groups in total. The van der Waals surface area contributed by atoms with E-state index < -0.39 is 11.2 Å². The van der Waals surface area contributed by atoms with Crippen molar-refractivity contribution in [2.75, 3.05) is 0 Å². The molecule has 0 aromatic rings. The van der Waals surface area contributed by atoms with E-state index in [0.29, 0.717) is 12.3 Å². The van der Waals surface area contributed by atoms with E-state index in [1.807, 2.05) is 0 Å². The third-order valence-electron chi connectivity index (χ3n) is 10.2. The van der Waals surface area contributed by atoms with E-state index in [4.69, 9.17) is 9.78 Å². The molecular weight excluding hydrogens is 372 g/mol. The van der Waals surface area contributed by atoms with Gasteiger partial charge >= 0.3 is 0 Å². The Kier molecular flexibility index (Phi) is 4.90. The van der Waals surface area contributed by atoms with Gasteiger partial charge < -0.3 is 5.11 Å². The maximum atomic E-state index is 10.4. The molecule has 0 aromatic carbocycles. The first-order valence-electron chi connectivity index (χ1n) is 12.6. The van der Waals surface area contributed by atoms with Gasteiger partial charge in [0.1, 0.15) is 11.2 Å². The molecule has 168 valence electrons. The van der Waals surface area contributed by atoms with Gasteiger partial charge in [-0.05, 0) is 73.0 Å². The fourth-order valence-electron chi connectivity index (χ4n) is 8.42. The Morgan fingerprint density at radius 1 is 1.07 bits per heavy atom. The molecule has 2 aliphatic heterocycles. The molecule has 8 atom stereocenters. The van der Waals surface area contributed by atoms with Crippen molar-refractivity contribution in [1.82, 2.24) is 0 Å².